The van der Waals surface area contributed by atoms with Gasteiger partial charge in [0.15, 0.2) is 0 Å². The monoisotopic (exact) mass is 324 g/mol. The first-order valence-electron chi connectivity index (χ1n) is 8.04. The van der Waals surface area contributed by atoms with Crippen LogP contribution >= 0.6 is 0 Å². The summed E-state index contributed by atoms with van der Waals surface area (Å²) in [6, 6.07) is 17.8. The molecule has 0 aromatic heterocycles. The van der Waals surface area contributed by atoms with Crippen LogP contribution in [0.4, 0.5) is 0 Å². The summed E-state index contributed by atoms with van der Waals surface area (Å²) in [5.41, 5.74) is 3.27. The van der Waals surface area contributed by atoms with E-state index in [0.717, 1.165) is 11.1 Å². The number of hydrogen-bond donors (Lipinski definition) is 0. The van der Waals surface area contributed by atoms with Crippen molar-refractivity contribution in [2.45, 2.75) is 26.9 Å². The van der Waals surface area contributed by atoms with Crippen LogP contribution in [0.3, 0.4) is 0 Å². The average molecular weight is 324 g/mol. The van der Waals surface area contributed by atoms with E-state index in [0.29, 0.717) is 13.1 Å². The molecule has 2 amide bonds. The maximum Gasteiger partial charge on any atom is 0.242 e. The van der Waals surface area contributed by atoms with Gasteiger partial charge in [-0.2, -0.15) is 0 Å². The second kappa shape index (κ2) is 8.29. The third kappa shape index (κ3) is 5.23. The van der Waals surface area contributed by atoms with Gasteiger partial charge in [0.25, 0.3) is 0 Å². The highest BCUT2D eigenvalue weighted by atomic mass is 16.2. The zero-order valence-corrected chi connectivity index (χ0v) is 14.5. The summed E-state index contributed by atoms with van der Waals surface area (Å²) >= 11 is 0. The van der Waals surface area contributed by atoms with Gasteiger partial charge in [-0.25, -0.2) is 0 Å². The van der Waals surface area contributed by atoms with E-state index in [1.165, 1.54) is 12.5 Å². The Bertz CT molecular complexity index is 681. The molecule has 24 heavy (non-hydrogen) atoms. The van der Waals surface area contributed by atoms with Crippen molar-refractivity contribution in [1.82, 2.24) is 9.80 Å². The fourth-order valence-corrected chi connectivity index (χ4v) is 2.42. The molecule has 4 heteroatoms. The Morgan fingerprint density at radius 3 is 2.04 bits per heavy atom. The normalized spacial score (nSPS) is 10.3. The summed E-state index contributed by atoms with van der Waals surface area (Å²) in [7, 11) is 1.76. The molecule has 2 rings (SSSR count). The number of likely N-dealkylation sites (N-methyl/N-ethyl adjacent to an activating group) is 1. The fourth-order valence-electron chi connectivity index (χ4n) is 2.42. The highest BCUT2D eigenvalue weighted by molar-refractivity contribution is 5.83. The Balaban J connectivity index is 1.97. The predicted octanol–water partition coefficient (Wildman–Crippen LogP) is 3.00. The Kier molecular flexibility index (Phi) is 6.13. The van der Waals surface area contributed by atoms with Crippen molar-refractivity contribution in [3.63, 3.8) is 0 Å². The first-order chi connectivity index (χ1) is 11.5. The van der Waals surface area contributed by atoms with Crippen molar-refractivity contribution in [1.29, 1.82) is 0 Å². The van der Waals surface area contributed by atoms with Gasteiger partial charge in [-0.3, -0.25) is 9.59 Å². The molecule has 126 valence electrons. The molecule has 4 nitrogen and oxygen atoms in total. The van der Waals surface area contributed by atoms with E-state index < -0.39 is 0 Å². The first kappa shape index (κ1) is 17.7. The fraction of sp³-hybridized carbons (Fsp3) is 0.300. The average Bonchev–Trinajstić information content (AvgIpc) is 2.56. The van der Waals surface area contributed by atoms with Gasteiger partial charge in [0, 0.05) is 27.1 Å². The Morgan fingerprint density at radius 2 is 1.46 bits per heavy atom. The lowest BCUT2D eigenvalue weighted by molar-refractivity contribution is -0.139. The Morgan fingerprint density at radius 1 is 0.875 bits per heavy atom. The number of rotatable bonds is 6. The number of nitrogens with zero attached hydrogens (tertiary/aromatic N) is 2. The van der Waals surface area contributed by atoms with Crippen LogP contribution in [-0.4, -0.2) is 35.2 Å². The molecule has 0 atom stereocenters. The van der Waals surface area contributed by atoms with Gasteiger partial charge < -0.3 is 9.80 Å². The van der Waals surface area contributed by atoms with Gasteiger partial charge in [0.2, 0.25) is 11.8 Å². The second-order valence-corrected chi connectivity index (χ2v) is 6.10. The van der Waals surface area contributed by atoms with Crippen LogP contribution in [0.2, 0.25) is 0 Å². The van der Waals surface area contributed by atoms with Crippen LogP contribution < -0.4 is 0 Å². The highest BCUT2D eigenvalue weighted by Gasteiger charge is 2.17. The van der Waals surface area contributed by atoms with Gasteiger partial charge >= 0.3 is 0 Å². The highest BCUT2D eigenvalue weighted by Crippen LogP contribution is 2.09. The lowest BCUT2D eigenvalue weighted by Gasteiger charge is -2.24. The van der Waals surface area contributed by atoms with Crippen LogP contribution in [0.25, 0.3) is 0 Å². The largest absolute Gasteiger partial charge is 0.340 e. The molecule has 0 heterocycles. The number of aryl methyl sites for hydroxylation is 1. The van der Waals surface area contributed by atoms with Crippen molar-refractivity contribution in [2.75, 3.05) is 13.6 Å². The minimum Gasteiger partial charge on any atom is -0.340 e. The summed E-state index contributed by atoms with van der Waals surface area (Å²) < 4.78 is 0. The van der Waals surface area contributed by atoms with E-state index in [-0.39, 0.29) is 18.4 Å². The number of hydrogen-bond acceptors (Lipinski definition) is 2. The molecule has 0 fully saturated rings. The molecule has 0 saturated heterocycles. The van der Waals surface area contributed by atoms with Crippen molar-refractivity contribution in [2.24, 2.45) is 0 Å². The SMILES string of the molecule is CC(=O)N(CC(=O)N(C)Cc1ccccc1)Cc1ccc(C)cc1. The smallest absolute Gasteiger partial charge is 0.242 e. The van der Waals surface area contributed by atoms with Crippen molar-refractivity contribution in [3.8, 4) is 0 Å². The molecule has 0 saturated carbocycles. The third-order valence-corrected chi connectivity index (χ3v) is 3.95. The maximum absolute atomic E-state index is 12.4. The summed E-state index contributed by atoms with van der Waals surface area (Å²) in [5, 5.41) is 0. The number of benzene rings is 2. The summed E-state index contributed by atoms with van der Waals surface area (Å²) in [6.45, 7) is 4.59. The van der Waals surface area contributed by atoms with Crippen LogP contribution in [0.5, 0.6) is 0 Å². The van der Waals surface area contributed by atoms with E-state index in [4.69, 9.17) is 0 Å². The molecule has 0 radical (unpaired) electrons. The van der Waals surface area contributed by atoms with Gasteiger partial charge in [-0.1, -0.05) is 60.2 Å². The zero-order valence-electron chi connectivity index (χ0n) is 14.5. The summed E-state index contributed by atoms with van der Waals surface area (Å²) in [5.74, 6) is -0.168. The molecule has 2 aromatic carbocycles. The minimum atomic E-state index is -0.1000. The number of amides is 2. The molecular weight excluding hydrogens is 300 g/mol. The molecule has 0 N–H and O–H groups in total. The van der Waals surface area contributed by atoms with Gasteiger partial charge in [0.05, 0.1) is 0 Å². The topological polar surface area (TPSA) is 40.6 Å². The van der Waals surface area contributed by atoms with Gasteiger partial charge in [-0.15, -0.1) is 0 Å². The van der Waals surface area contributed by atoms with Gasteiger partial charge in [-0.05, 0) is 18.1 Å². The molecule has 0 aliphatic carbocycles. The van der Waals surface area contributed by atoms with E-state index in [9.17, 15) is 9.59 Å². The molecule has 0 bridgehead atoms. The second-order valence-electron chi connectivity index (χ2n) is 6.10. The summed E-state index contributed by atoms with van der Waals surface area (Å²) in [4.78, 5) is 27.6. The molecule has 2 aromatic rings. The molecular formula is C20H24N2O2. The summed E-state index contributed by atoms with van der Waals surface area (Å²) in [6.07, 6.45) is 0. The van der Waals surface area contributed by atoms with Crippen LogP contribution in [0.1, 0.15) is 23.6 Å². The third-order valence-electron chi connectivity index (χ3n) is 3.95. The van der Waals surface area contributed by atoms with Crippen molar-refractivity contribution >= 4 is 11.8 Å². The van der Waals surface area contributed by atoms with Gasteiger partial charge in [0.1, 0.15) is 6.54 Å². The van der Waals surface area contributed by atoms with Crippen LogP contribution in [0, 0.1) is 6.92 Å². The molecule has 0 unspecified atom stereocenters. The lowest BCUT2D eigenvalue weighted by Crippen LogP contribution is -2.40. The van der Waals surface area contributed by atoms with Crippen molar-refractivity contribution < 1.29 is 9.59 Å². The Labute approximate surface area is 143 Å². The predicted molar refractivity (Wildman–Crippen MR) is 95.2 cm³/mol. The van der Waals surface area contributed by atoms with E-state index in [1.807, 2.05) is 61.5 Å². The maximum atomic E-state index is 12.4. The number of carbonyl (C=O) groups excluding carboxylic acids is 2. The lowest BCUT2D eigenvalue weighted by atomic mass is 10.1. The van der Waals surface area contributed by atoms with E-state index in [2.05, 4.69) is 0 Å². The zero-order chi connectivity index (χ0) is 17.5. The first-order valence-corrected chi connectivity index (χ1v) is 8.04. The molecule has 0 spiro atoms. The standard InChI is InChI=1S/C20H24N2O2/c1-16-9-11-19(12-10-16)14-22(17(2)23)15-20(24)21(3)13-18-7-5-4-6-8-18/h4-12H,13-15H2,1-3H3. The van der Waals surface area contributed by atoms with Crippen molar-refractivity contribution in [3.05, 3.63) is 71.3 Å². The molecule has 0 aliphatic rings. The van der Waals surface area contributed by atoms with Crippen LogP contribution in [-0.2, 0) is 22.7 Å². The quantitative estimate of drug-likeness (QED) is 0.819. The molecule has 0 aliphatic heterocycles. The van der Waals surface area contributed by atoms with E-state index in [1.54, 1.807) is 16.8 Å². The Hall–Kier alpha value is -2.62. The van der Waals surface area contributed by atoms with E-state index >= 15 is 0 Å². The minimum absolute atomic E-state index is 0.0684. The van der Waals surface area contributed by atoms with Crippen LogP contribution in [0.15, 0.2) is 54.6 Å². The number of carbonyl (C=O) groups is 2.